The lowest BCUT2D eigenvalue weighted by atomic mass is 9.86. The van der Waals surface area contributed by atoms with Crippen molar-refractivity contribution in [1.82, 2.24) is 0 Å². The number of ether oxygens (including phenoxy) is 1. The van der Waals surface area contributed by atoms with Gasteiger partial charge in [-0.25, -0.2) is 0 Å². The van der Waals surface area contributed by atoms with E-state index in [9.17, 15) is 14.1 Å². The highest BCUT2D eigenvalue weighted by Gasteiger charge is 2.55. The van der Waals surface area contributed by atoms with Gasteiger partial charge in [-0.3, -0.25) is 9.00 Å². The first kappa shape index (κ1) is 20.5. The third kappa shape index (κ3) is 4.66. The van der Waals surface area contributed by atoms with E-state index < -0.39 is 26.4 Å². The largest absolute Gasteiger partial charge is 0.466 e. The fourth-order valence-electron chi connectivity index (χ4n) is 3.46. The summed E-state index contributed by atoms with van der Waals surface area (Å²) in [4.78, 5) is 12.2. The van der Waals surface area contributed by atoms with Crippen LogP contribution in [0.1, 0.15) is 45.1 Å². The molecule has 1 N–H and O–H groups in total. The molecule has 2 rings (SSSR count). The average Bonchev–Trinajstić information content (AvgIpc) is 2.61. The van der Waals surface area contributed by atoms with Crippen molar-refractivity contribution in [1.29, 1.82) is 0 Å². The van der Waals surface area contributed by atoms with Crippen LogP contribution in [0.15, 0.2) is 30.3 Å². The Bertz CT molecular complexity index is 592. The zero-order chi connectivity index (χ0) is 18.3. The summed E-state index contributed by atoms with van der Waals surface area (Å²) in [5, 5.41) is 11.6. The monoisotopic (exact) mass is 384 g/mol. The number of hydrogen-bond donors (Lipinski definition) is 1. The van der Waals surface area contributed by atoms with E-state index in [1.54, 1.807) is 18.7 Å². The van der Waals surface area contributed by atoms with E-state index >= 15 is 0 Å². The molecule has 1 aromatic rings. The smallest absolute Gasteiger partial charge is 0.308 e. The van der Waals surface area contributed by atoms with Crippen LogP contribution in [-0.4, -0.2) is 43.1 Å². The normalized spacial score (nSPS) is 26.0. The molecule has 0 aromatic heterocycles. The second-order valence-electron chi connectivity index (χ2n) is 6.36. The first-order valence-corrected chi connectivity index (χ1v) is 11.2. The standard InChI is InChI=1S/C19H28O4S2/c1-3-19(24-13-8-14-25(19)22)18(21,15-17(20)23-4-2)12-11-16-9-6-5-7-10-16/h5-7,9-10,21H,3-4,8,11-15H2,1-2H3/t18-,19-,25?/m1/s1. The van der Waals surface area contributed by atoms with Crippen LogP contribution in [0, 0.1) is 0 Å². The summed E-state index contributed by atoms with van der Waals surface area (Å²) < 4.78 is 17.2. The Morgan fingerprint density at radius 3 is 2.68 bits per heavy atom. The Kier molecular flexibility index (Phi) is 7.52. The molecule has 1 heterocycles. The van der Waals surface area contributed by atoms with Crippen molar-refractivity contribution in [3.05, 3.63) is 35.9 Å². The molecule has 0 radical (unpaired) electrons. The lowest BCUT2D eigenvalue weighted by Crippen LogP contribution is -2.57. The zero-order valence-electron chi connectivity index (χ0n) is 15.0. The van der Waals surface area contributed by atoms with Gasteiger partial charge in [0.15, 0.2) is 0 Å². The molecule has 1 aliphatic heterocycles. The van der Waals surface area contributed by atoms with Gasteiger partial charge in [0.05, 0.1) is 13.0 Å². The minimum absolute atomic E-state index is 0.111. The molecule has 1 aliphatic rings. The second-order valence-corrected chi connectivity index (χ2v) is 9.81. The van der Waals surface area contributed by atoms with Gasteiger partial charge in [0.25, 0.3) is 0 Å². The zero-order valence-corrected chi connectivity index (χ0v) is 16.7. The molecule has 1 saturated heterocycles. The van der Waals surface area contributed by atoms with Crippen molar-refractivity contribution < 1.29 is 18.8 Å². The molecule has 25 heavy (non-hydrogen) atoms. The molecule has 3 atom stereocenters. The highest BCUT2D eigenvalue weighted by Crippen LogP contribution is 2.49. The third-order valence-electron chi connectivity index (χ3n) is 4.76. The van der Waals surface area contributed by atoms with Crippen molar-refractivity contribution in [2.75, 3.05) is 18.1 Å². The number of carbonyl (C=O) groups excluding carboxylic acids is 1. The minimum Gasteiger partial charge on any atom is -0.466 e. The van der Waals surface area contributed by atoms with E-state index in [2.05, 4.69) is 0 Å². The second kappa shape index (κ2) is 9.19. The number of rotatable bonds is 8. The van der Waals surface area contributed by atoms with Gasteiger partial charge in [-0.1, -0.05) is 37.3 Å². The predicted octanol–water partition coefficient (Wildman–Crippen LogP) is 3.30. The number of aliphatic hydroxyl groups is 1. The first-order valence-electron chi connectivity index (χ1n) is 8.92. The summed E-state index contributed by atoms with van der Waals surface area (Å²) in [6, 6.07) is 9.89. The maximum atomic E-state index is 12.9. The molecule has 4 nitrogen and oxygen atoms in total. The van der Waals surface area contributed by atoms with Gasteiger partial charge < -0.3 is 9.84 Å². The third-order valence-corrected chi connectivity index (χ3v) is 9.37. The van der Waals surface area contributed by atoms with Crippen LogP contribution in [0.25, 0.3) is 0 Å². The fraction of sp³-hybridized carbons (Fsp3) is 0.632. The van der Waals surface area contributed by atoms with Gasteiger partial charge >= 0.3 is 5.97 Å². The minimum atomic E-state index is -1.35. The van der Waals surface area contributed by atoms with Crippen LogP contribution in [0.5, 0.6) is 0 Å². The Hall–Kier alpha value is -0.850. The SMILES string of the molecule is CCOC(=O)C[C@](O)(CCc1ccccc1)[C@]1(CC)SCCCS1=O. The summed E-state index contributed by atoms with van der Waals surface area (Å²) in [6.45, 7) is 3.99. The molecule has 0 aliphatic carbocycles. The topological polar surface area (TPSA) is 63.6 Å². The summed E-state index contributed by atoms with van der Waals surface area (Å²) >= 11 is 1.56. The lowest BCUT2D eigenvalue weighted by molar-refractivity contribution is -0.149. The van der Waals surface area contributed by atoms with Gasteiger partial charge in [-0.2, -0.15) is 0 Å². The predicted molar refractivity (Wildman–Crippen MR) is 104 cm³/mol. The summed E-state index contributed by atoms with van der Waals surface area (Å²) in [7, 11) is -1.18. The van der Waals surface area contributed by atoms with Crippen LogP contribution < -0.4 is 0 Å². The summed E-state index contributed by atoms with van der Waals surface area (Å²) in [5.41, 5.74) is -0.248. The summed E-state index contributed by atoms with van der Waals surface area (Å²) in [6.07, 6.45) is 2.36. The summed E-state index contributed by atoms with van der Waals surface area (Å²) in [5.74, 6) is 1.02. The molecule has 0 spiro atoms. The van der Waals surface area contributed by atoms with E-state index in [1.807, 2.05) is 37.3 Å². The van der Waals surface area contributed by atoms with E-state index in [0.29, 0.717) is 25.0 Å². The Labute approximate surface area is 157 Å². The molecule has 1 fully saturated rings. The van der Waals surface area contributed by atoms with Crippen molar-refractivity contribution in [3.8, 4) is 0 Å². The quantitative estimate of drug-likeness (QED) is 0.697. The Morgan fingerprint density at radius 1 is 1.36 bits per heavy atom. The Balaban J connectivity index is 2.29. The van der Waals surface area contributed by atoms with Gasteiger partial charge in [0, 0.05) is 16.6 Å². The van der Waals surface area contributed by atoms with Crippen molar-refractivity contribution in [2.45, 2.75) is 55.6 Å². The number of benzene rings is 1. The van der Waals surface area contributed by atoms with Gasteiger partial charge in [-0.05, 0) is 43.9 Å². The van der Waals surface area contributed by atoms with Crippen molar-refractivity contribution in [2.24, 2.45) is 0 Å². The first-order chi connectivity index (χ1) is 12.0. The highest BCUT2D eigenvalue weighted by atomic mass is 32.2. The van der Waals surface area contributed by atoms with E-state index in [-0.39, 0.29) is 13.0 Å². The molecular weight excluding hydrogens is 356 g/mol. The van der Waals surface area contributed by atoms with E-state index in [4.69, 9.17) is 4.74 Å². The van der Waals surface area contributed by atoms with Crippen LogP contribution >= 0.6 is 11.8 Å². The lowest BCUT2D eigenvalue weighted by Gasteiger charge is -2.47. The molecule has 1 unspecified atom stereocenters. The van der Waals surface area contributed by atoms with E-state index in [0.717, 1.165) is 17.7 Å². The fourth-order valence-corrected chi connectivity index (χ4v) is 7.59. The van der Waals surface area contributed by atoms with Gasteiger partial charge in [-0.15, -0.1) is 11.8 Å². The highest BCUT2D eigenvalue weighted by molar-refractivity contribution is 8.13. The Morgan fingerprint density at radius 2 is 2.08 bits per heavy atom. The van der Waals surface area contributed by atoms with Crippen molar-refractivity contribution >= 4 is 28.5 Å². The molecule has 0 bridgehead atoms. The average molecular weight is 385 g/mol. The van der Waals surface area contributed by atoms with Crippen molar-refractivity contribution in [3.63, 3.8) is 0 Å². The van der Waals surface area contributed by atoms with Crippen LogP contribution in [0.4, 0.5) is 0 Å². The number of thioether (sulfide) groups is 1. The van der Waals surface area contributed by atoms with Gasteiger partial charge in [0.1, 0.15) is 9.68 Å². The molecule has 1 aromatic carbocycles. The van der Waals surface area contributed by atoms with E-state index in [1.165, 1.54) is 0 Å². The van der Waals surface area contributed by atoms with Gasteiger partial charge in [0.2, 0.25) is 0 Å². The molecule has 0 saturated carbocycles. The number of esters is 1. The molecular formula is C19H28O4S2. The van der Waals surface area contributed by atoms with Crippen LogP contribution in [-0.2, 0) is 26.8 Å². The number of hydrogen-bond acceptors (Lipinski definition) is 5. The number of carbonyl (C=O) groups is 1. The molecule has 0 amide bonds. The molecule has 6 heteroatoms. The number of aryl methyl sites for hydroxylation is 1. The van der Waals surface area contributed by atoms with Crippen LogP contribution in [0.3, 0.4) is 0 Å². The molecule has 140 valence electrons. The van der Waals surface area contributed by atoms with Crippen LogP contribution in [0.2, 0.25) is 0 Å². The maximum Gasteiger partial charge on any atom is 0.308 e. The maximum absolute atomic E-state index is 12.9.